The Kier molecular flexibility index (Phi) is 6.94. The Hall–Kier alpha value is -1.96. The van der Waals surface area contributed by atoms with Gasteiger partial charge in [-0.3, -0.25) is 0 Å². The van der Waals surface area contributed by atoms with Crippen LogP contribution < -0.4 is 9.62 Å². The van der Waals surface area contributed by atoms with Crippen LogP contribution in [-0.2, 0) is 14.8 Å². The Morgan fingerprint density at radius 2 is 1.81 bits per heavy atom. The summed E-state index contributed by atoms with van der Waals surface area (Å²) in [5.74, 6) is 1.53. The fraction of sp³-hybridized carbons (Fsp3) is 0.542. The van der Waals surface area contributed by atoms with Crippen molar-refractivity contribution < 1.29 is 13.2 Å². The zero-order valence-electron chi connectivity index (χ0n) is 18.4. The predicted molar refractivity (Wildman–Crippen MR) is 124 cm³/mol. The van der Waals surface area contributed by atoms with Crippen LogP contribution in [0, 0.1) is 6.92 Å². The molecule has 4 rings (SSSR count). The van der Waals surface area contributed by atoms with Crippen molar-refractivity contribution in [3.05, 3.63) is 59.8 Å². The third-order valence-electron chi connectivity index (χ3n) is 6.61. The number of pyridine rings is 1. The number of benzene rings is 1. The molecular weight excluding hydrogens is 410 g/mol. The predicted octanol–water partition coefficient (Wildman–Crippen LogP) is 3.63. The number of aromatic nitrogens is 1. The summed E-state index contributed by atoms with van der Waals surface area (Å²) in [6.45, 7) is 3.31. The van der Waals surface area contributed by atoms with Crippen LogP contribution in [0.4, 0.5) is 5.82 Å². The third-order valence-corrected chi connectivity index (χ3v) is 7.34. The molecule has 2 aliphatic rings. The zero-order valence-corrected chi connectivity index (χ0v) is 19.2. The number of ether oxygens (including phenoxy) is 1. The summed E-state index contributed by atoms with van der Waals surface area (Å²) < 4.78 is 33.1. The first-order valence-electron chi connectivity index (χ1n) is 11.2. The molecule has 0 unspecified atom stereocenters. The maximum atomic E-state index is 11.9. The highest BCUT2D eigenvalue weighted by Gasteiger charge is 2.38. The van der Waals surface area contributed by atoms with Crippen LogP contribution >= 0.6 is 0 Å². The van der Waals surface area contributed by atoms with E-state index >= 15 is 0 Å². The number of aryl methyl sites for hydroxylation is 1. The van der Waals surface area contributed by atoms with Crippen molar-refractivity contribution >= 4 is 15.8 Å². The quantitative estimate of drug-likeness (QED) is 0.708. The highest BCUT2D eigenvalue weighted by Crippen LogP contribution is 2.34. The monoisotopic (exact) mass is 443 g/mol. The second-order valence-corrected chi connectivity index (χ2v) is 10.7. The molecule has 2 heterocycles. The molecule has 1 aromatic heterocycles. The van der Waals surface area contributed by atoms with Gasteiger partial charge >= 0.3 is 0 Å². The van der Waals surface area contributed by atoms with Gasteiger partial charge in [0.05, 0.1) is 25.0 Å². The third kappa shape index (κ3) is 5.64. The highest BCUT2D eigenvalue weighted by atomic mass is 32.2. The lowest BCUT2D eigenvalue weighted by Gasteiger charge is -2.33. The molecule has 0 amide bonds. The van der Waals surface area contributed by atoms with Gasteiger partial charge in [-0.15, -0.1) is 0 Å². The maximum Gasteiger partial charge on any atom is 0.209 e. The summed E-state index contributed by atoms with van der Waals surface area (Å²) in [4.78, 5) is 6.79. The summed E-state index contributed by atoms with van der Waals surface area (Å²) in [7, 11) is -3.29. The molecule has 2 aromatic rings. The zero-order chi connectivity index (χ0) is 21.8. The minimum Gasteiger partial charge on any atom is -0.376 e. The lowest BCUT2D eigenvalue weighted by atomic mass is 9.83. The van der Waals surface area contributed by atoms with Crippen molar-refractivity contribution in [3.63, 3.8) is 0 Å². The molecule has 1 saturated heterocycles. The summed E-state index contributed by atoms with van der Waals surface area (Å²) in [5.41, 5.74) is 2.52. The van der Waals surface area contributed by atoms with E-state index in [0.29, 0.717) is 12.5 Å². The van der Waals surface area contributed by atoms with Gasteiger partial charge in [0.1, 0.15) is 5.82 Å². The molecule has 6 nitrogen and oxygen atoms in total. The van der Waals surface area contributed by atoms with Crippen molar-refractivity contribution in [2.45, 2.75) is 63.1 Å². The first-order valence-corrected chi connectivity index (χ1v) is 13.1. The number of rotatable bonds is 7. The maximum absolute atomic E-state index is 11.9. The molecule has 0 spiro atoms. The number of hydrogen-bond donors (Lipinski definition) is 1. The fourth-order valence-corrected chi connectivity index (χ4v) is 5.86. The van der Waals surface area contributed by atoms with Gasteiger partial charge in [-0.05, 0) is 62.1 Å². The number of hydrogen-bond acceptors (Lipinski definition) is 5. The highest BCUT2D eigenvalue weighted by molar-refractivity contribution is 7.88. The van der Waals surface area contributed by atoms with E-state index in [1.807, 2.05) is 19.1 Å². The fourth-order valence-electron chi connectivity index (χ4n) is 5.04. The average molecular weight is 444 g/mol. The van der Waals surface area contributed by atoms with Crippen LogP contribution in [0.15, 0.2) is 48.7 Å². The van der Waals surface area contributed by atoms with Crippen molar-refractivity contribution in [1.82, 2.24) is 9.71 Å². The van der Waals surface area contributed by atoms with Gasteiger partial charge in [0.2, 0.25) is 10.0 Å². The molecule has 168 valence electrons. The smallest absolute Gasteiger partial charge is 0.209 e. The normalized spacial score (nSPS) is 26.8. The SMILES string of the molecule is Cc1cccnc1N1CC[C@H](NS(C)(=O)=O)[C@@H]1CO[C@H]1CC[C@@H](c2ccccc2)CC1. The van der Waals surface area contributed by atoms with E-state index in [2.05, 4.69) is 44.9 Å². The Morgan fingerprint density at radius 1 is 1.06 bits per heavy atom. The minimum atomic E-state index is -3.29. The molecule has 0 radical (unpaired) electrons. The molecule has 1 saturated carbocycles. The van der Waals surface area contributed by atoms with Crippen LogP contribution in [0.1, 0.15) is 49.1 Å². The molecule has 1 aliphatic carbocycles. The second-order valence-electron chi connectivity index (χ2n) is 8.91. The van der Waals surface area contributed by atoms with E-state index in [1.165, 1.54) is 11.8 Å². The minimum absolute atomic E-state index is 0.0600. The van der Waals surface area contributed by atoms with Crippen molar-refractivity contribution in [1.29, 1.82) is 0 Å². The Balaban J connectivity index is 1.40. The Morgan fingerprint density at radius 3 is 2.48 bits per heavy atom. The van der Waals surface area contributed by atoms with E-state index < -0.39 is 10.0 Å². The van der Waals surface area contributed by atoms with Crippen molar-refractivity contribution in [2.75, 3.05) is 24.3 Å². The van der Waals surface area contributed by atoms with Crippen molar-refractivity contribution in [3.8, 4) is 0 Å². The number of nitrogens with zero attached hydrogens (tertiary/aromatic N) is 2. The van der Waals surface area contributed by atoms with Gasteiger partial charge in [0.15, 0.2) is 0 Å². The van der Waals surface area contributed by atoms with Crippen molar-refractivity contribution in [2.24, 2.45) is 0 Å². The lowest BCUT2D eigenvalue weighted by Crippen LogP contribution is -2.48. The molecule has 1 aliphatic heterocycles. The number of anilines is 1. The molecule has 7 heteroatoms. The van der Waals surface area contributed by atoms with Crippen LogP contribution in [0.25, 0.3) is 0 Å². The molecule has 1 aromatic carbocycles. The van der Waals surface area contributed by atoms with Gasteiger partial charge in [0.25, 0.3) is 0 Å². The van der Waals surface area contributed by atoms with E-state index in [-0.39, 0.29) is 18.2 Å². The Bertz CT molecular complexity index is 959. The van der Waals surface area contributed by atoms with E-state index in [4.69, 9.17) is 4.74 Å². The lowest BCUT2D eigenvalue weighted by molar-refractivity contribution is 0.0156. The number of nitrogens with one attached hydrogen (secondary N) is 1. The van der Waals surface area contributed by atoms with E-state index in [0.717, 1.165) is 50.0 Å². The van der Waals surface area contributed by atoms with Gasteiger partial charge in [-0.1, -0.05) is 36.4 Å². The molecule has 0 bridgehead atoms. The molecule has 31 heavy (non-hydrogen) atoms. The molecule has 1 N–H and O–H groups in total. The molecule has 2 atom stereocenters. The average Bonchev–Trinajstić information content (AvgIpc) is 3.14. The number of sulfonamides is 1. The van der Waals surface area contributed by atoms with Gasteiger partial charge in [-0.2, -0.15) is 0 Å². The Labute approximate surface area is 186 Å². The molecular formula is C24H33N3O3S. The summed E-state index contributed by atoms with van der Waals surface area (Å²) >= 11 is 0. The second kappa shape index (κ2) is 9.67. The summed E-state index contributed by atoms with van der Waals surface area (Å²) in [5, 5.41) is 0. The first kappa shape index (κ1) is 22.2. The summed E-state index contributed by atoms with van der Waals surface area (Å²) in [6.07, 6.45) is 8.34. The van der Waals surface area contributed by atoms with E-state index in [1.54, 1.807) is 6.20 Å². The van der Waals surface area contributed by atoms with Crippen LogP contribution in [0.3, 0.4) is 0 Å². The largest absolute Gasteiger partial charge is 0.376 e. The topological polar surface area (TPSA) is 71.5 Å². The standard InChI is InChI=1S/C24H33N3O3S/c1-18-7-6-15-25-24(18)27-16-14-22(26-31(2,28)29)23(27)17-30-21-12-10-20(11-13-21)19-8-4-3-5-9-19/h3-9,15,20-23,26H,10-14,16-17H2,1-2H3/t20-,21+,22-,23-/m0/s1. The molecule has 2 fully saturated rings. The van der Waals surface area contributed by atoms with E-state index in [9.17, 15) is 8.42 Å². The van der Waals surface area contributed by atoms with Gasteiger partial charge in [0, 0.05) is 18.8 Å². The van der Waals surface area contributed by atoms with Gasteiger partial charge < -0.3 is 9.64 Å². The van der Waals surface area contributed by atoms with Crippen LogP contribution in [0.5, 0.6) is 0 Å². The first-order chi connectivity index (χ1) is 14.9. The van der Waals surface area contributed by atoms with Crippen LogP contribution in [-0.4, -0.2) is 51.0 Å². The summed E-state index contributed by atoms with van der Waals surface area (Å²) in [6, 6.07) is 14.5. The van der Waals surface area contributed by atoms with Gasteiger partial charge in [-0.25, -0.2) is 18.1 Å². The van der Waals surface area contributed by atoms with Crippen LogP contribution in [0.2, 0.25) is 0 Å².